The highest BCUT2D eigenvalue weighted by atomic mass is 16.5. The molecule has 0 spiro atoms. The smallest absolute Gasteiger partial charge is 0.250 e. The van der Waals surface area contributed by atoms with Crippen LogP contribution in [0.2, 0.25) is 0 Å². The molecule has 0 unspecified atom stereocenters. The van der Waals surface area contributed by atoms with E-state index < -0.39 is 5.91 Å². The minimum absolute atomic E-state index is 0.358. The average molecular weight is 264 g/mol. The van der Waals surface area contributed by atoms with Crippen LogP contribution in [-0.2, 0) is 4.74 Å². The molecule has 6 nitrogen and oxygen atoms in total. The van der Waals surface area contributed by atoms with Crippen LogP contribution in [-0.4, -0.2) is 50.2 Å². The van der Waals surface area contributed by atoms with Crippen LogP contribution in [0.5, 0.6) is 0 Å². The van der Waals surface area contributed by atoms with E-state index in [1.807, 2.05) is 6.07 Å². The van der Waals surface area contributed by atoms with Crippen molar-refractivity contribution in [2.24, 2.45) is 5.73 Å². The Morgan fingerprint density at radius 1 is 1.37 bits per heavy atom. The molecule has 6 heteroatoms. The van der Waals surface area contributed by atoms with Gasteiger partial charge in [0.25, 0.3) is 5.91 Å². The van der Waals surface area contributed by atoms with Crippen molar-refractivity contribution in [2.45, 2.75) is 0 Å². The van der Waals surface area contributed by atoms with E-state index in [9.17, 15) is 4.79 Å². The van der Waals surface area contributed by atoms with Gasteiger partial charge in [-0.05, 0) is 18.2 Å². The van der Waals surface area contributed by atoms with E-state index >= 15 is 0 Å². The molecule has 0 aromatic heterocycles. The number of benzene rings is 1. The standard InChI is InChI=1S/C13H20N4O2/c14-12-2-1-10(9-11(12)13(15)18)16-3-4-17-5-7-19-8-6-17/h1-2,9,16H,3-8,14H2,(H2,15,18). The summed E-state index contributed by atoms with van der Waals surface area (Å²) in [5.74, 6) is -0.505. The Labute approximate surface area is 112 Å². The number of nitrogens with two attached hydrogens (primary N) is 2. The lowest BCUT2D eigenvalue weighted by molar-refractivity contribution is 0.0398. The average Bonchev–Trinajstić information content (AvgIpc) is 2.41. The number of ether oxygens (including phenoxy) is 1. The van der Waals surface area contributed by atoms with Crippen LogP contribution in [0.3, 0.4) is 0 Å². The molecule has 1 heterocycles. The molecule has 1 aliphatic heterocycles. The van der Waals surface area contributed by atoms with Crippen LogP contribution in [0.15, 0.2) is 18.2 Å². The second kappa shape index (κ2) is 6.40. The van der Waals surface area contributed by atoms with E-state index in [4.69, 9.17) is 16.2 Å². The zero-order valence-electron chi connectivity index (χ0n) is 10.9. The number of hydrogen-bond acceptors (Lipinski definition) is 5. The summed E-state index contributed by atoms with van der Waals surface area (Å²) >= 11 is 0. The van der Waals surface area contributed by atoms with Crippen molar-refractivity contribution in [3.63, 3.8) is 0 Å². The van der Waals surface area contributed by atoms with Crippen LogP contribution in [0.4, 0.5) is 11.4 Å². The highest BCUT2D eigenvalue weighted by Crippen LogP contribution is 2.17. The van der Waals surface area contributed by atoms with Crippen molar-refractivity contribution in [3.05, 3.63) is 23.8 Å². The zero-order chi connectivity index (χ0) is 13.7. The number of carbonyl (C=O) groups is 1. The fraction of sp³-hybridized carbons (Fsp3) is 0.462. The Bertz CT molecular complexity index is 444. The maximum atomic E-state index is 11.2. The van der Waals surface area contributed by atoms with Gasteiger partial charge in [0.05, 0.1) is 18.8 Å². The molecule has 5 N–H and O–H groups in total. The maximum Gasteiger partial charge on any atom is 0.250 e. The number of primary amides is 1. The molecule has 1 aliphatic rings. The first-order valence-electron chi connectivity index (χ1n) is 6.40. The third kappa shape index (κ3) is 3.84. The van der Waals surface area contributed by atoms with Crippen molar-refractivity contribution < 1.29 is 9.53 Å². The summed E-state index contributed by atoms with van der Waals surface area (Å²) in [6.07, 6.45) is 0. The third-order valence-corrected chi connectivity index (χ3v) is 3.18. The normalized spacial score (nSPS) is 16.2. The molecule has 1 aromatic rings. The summed E-state index contributed by atoms with van der Waals surface area (Å²) in [6, 6.07) is 5.23. The van der Waals surface area contributed by atoms with Crippen molar-refractivity contribution >= 4 is 17.3 Å². The Kier molecular flexibility index (Phi) is 4.59. The van der Waals surface area contributed by atoms with Crippen LogP contribution in [0, 0.1) is 0 Å². The van der Waals surface area contributed by atoms with E-state index in [1.165, 1.54) is 0 Å². The molecule has 0 bridgehead atoms. The molecule has 104 valence electrons. The zero-order valence-corrected chi connectivity index (χ0v) is 10.9. The molecular formula is C13H20N4O2. The number of rotatable bonds is 5. The molecule has 1 fully saturated rings. The quantitative estimate of drug-likeness (QED) is 0.656. The van der Waals surface area contributed by atoms with Gasteiger partial charge in [0.15, 0.2) is 0 Å². The molecule has 0 aliphatic carbocycles. The van der Waals surface area contributed by atoms with Crippen LogP contribution >= 0.6 is 0 Å². The highest BCUT2D eigenvalue weighted by molar-refractivity contribution is 5.98. The van der Waals surface area contributed by atoms with Gasteiger partial charge in [0.2, 0.25) is 0 Å². The lowest BCUT2D eigenvalue weighted by Crippen LogP contribution is -2.39. The summed E-state index contributed by atoms with van der Waals surface area (Å²) in [5, 5.41) is 3.27. The van der Waals surface area contributed by atoms with Crippen molar-refractivity contribution in [1.29, 1.82) is 0 Å². The van der Waals surface area contributed by atoms with Gasteiger partial charge in [0, 0.05) is 37.6 Å². The van der Waals surface area contributed by atoms with E-state index in [0.29, 0.717) is 11.3 Å². The minimum atomic E-state index is -0.505. The van der Waals surface area contributed by atoms with Gasteiger partial charge < -0.3 is 21.5 Å². The Morgan fingerprint density at radius 3 is 2.79 bits per heavy atom. The molecule has 0 radical (unpaired) electrons. The van der Waals surface area contributed by atoms with Crippen molar-refractivity contribution in [1.82, 2.24) is 4.90 Å². The summed E-state index contributed by atoms with van der Waals surface area (Å²) in [6.45, 7) is 5.29. The van der Waals surface area contributed by atoms with Gasteiger partial charge in [0.1, 0.15) is 0 Å². The van der Waals surface area contributed by atoms with Gasteiger partial charge in [-0.1, -0.05) is 0 Å². The number of amides is 1. The predicted molar refractivity (Wildman–Crippen MR) is 75.1 cm³/mol. The van der Waals surface area contributed by atoms with Crippen LogP contribution in [0.1, 0.15) is 10.4 Å². The molecule has 0 atom stereocenters. The van der Waals surface area contributed by atoms with Crippen LogP contribution < -0.4 is 16.8 Å². The number of nitrogens with zero attached hydrogens (tertiary/aromatic N) is 1. The SMILES string of the molecule is NC(=O)c1cc(NCCN2CCOCC2)ccc1N. The fourth-order valence-electron chi connectivity index (χ4n) is 2.06. The molecule has 1 amide bonds. The number of anilines is 2. The van der Waals surface area contributed by atoms with Gasteiger partial charge in [-0.25, -0.2) is 0 Å². The maximum absolute atomic E-state index is 11.2. The van der Waals surface area contributed by atoms with Crippen LogP contribution in [0.25, 0.3) is 0 Å². The van der Waals surface area contributed by atoms with E-state index in [-0.39, 0.29) is 0 Å². The summed E-state index contributed by atoms with van der Waals surface area (Å²) in [4.78, 5) is 13.5. The van der Waals surface area contributed by atoms with Gasteiger partial charge in [-0.2, -0.15) is 0 Å². The second-order valence-electron chi connectivity index (χ2n) is 4.55. The third-order valence-electron chi connectivity index (χ3n) is 3.18. The Morgan fingerprint density at radius 2 is 2.11 bits per heavy atom. The monoisotopic (exact) mass is 264 g/mol. The molecule has 19 heavy (non-hydrogen) atoms. The molecule has 0 saturated carbocycles. The first-order valence-corrected chi connectivity index (χ1v) is 6.40. The van der Waals surface area contributed by atoms with Gasteiger partial charge in [-0.3, -0.25) is 9.69 Å². The summed E-state index contributed by atoms with van der Waals surface area (Å²) in [7, 11) is 0. The van der Waals surface area contributed by atoms with Gasteiger partial charge >= 0.3 is 0 Å². The lowest BCUT2D eigenvalue weighted by atomic mass is 10.1. The molecular weight excluding hydrogens is 244 g/mol. The van der Waals surface area contributed by atoms with Crippen molar-refractivity contribution in [2.75, 3.05) is 50.4 Å². The highest BCUT2D eigenvalue weighted by Gasteiger charge is 2.10. The van der Waals surface area contributed by atoms with E-state index in [0.717, 1.165) is 45.1 Å². The first-order chi connectivity index (χ1) is 9.16. The number of carbonyl (C=O) groups excluding carboxylic acids is 1. The molecule has 1 saturated heterocycles. The summed E-state index contributed by atoms with van der Waals surface area (Å²) in [5.41, 5.74) is 12.6. The molecule has 2 rings (SSSR count). The lowest BCUT2D eigenvalue weighted by Gasteiger charge is -2.26. The Hall–Kier alpha value is -1.79. The number of nitrogens with one attached hydrogen (secondary N) is 1. The number of nitrogen functional groups attached to an aromatic ring is 1. The second-order valence-corrected chi connectivity index (χ2v) is 4.55. The fourth-order valence-corrected chi connectivity index (χ4v) is 2.06. The van der Waals surface area contributed by atoms with Gasteiger partial charge in [-0.15, -0.1) is 0 Å². The molecule has 1 aromatic carbocycles. The minimum Gasteiger partial charge on any atom is -0.398 e. The van der Waals surface area contributed by atoms with Crippen molar-refractivity contribution in [3.8, 4) is 0 Å². The van der Waals surface area contributed by atoms with E-state index in [1.54, 1.807) is 12.1 Å². The topological polar surface area (TPSA) is 93.6 Å². The Balaban J connectivity index is 1.85. The summed E-state index contributed by atoms with van der Waals surface area (Å²) < 4.78 is 5.29. The number of morpholine rings is 1. The largest absolute Gasteiger partial charge is 0.398 e. The number of hydrogen-bond donors (Lipinski definition) is 3. The predicted octanol–water partition coefficient (Wildman–Crippen LogP) is 0.112. The van der Waals surface area contributed by atoms with E-state index in [2.05, 4.69) is 10.2 Å². The first kappa shape index (κ1) is 13.6.